The van der Waals surface area contributed by atoms with Crippen molar-refractivity contribution in [2.24, 2.45) is 0 Å². The van der Waals surface area contributed by atoms with Crippen LogP contribution in [0.3, 0.4) is 0 Å². The van der Waals surface area contributed by atoms with Crippen LogP contribution in [-0.2, 0) is 18.7 Å². The van der Waals surface area contributed by atoms with Crippen LogP contribution in [0.5, 0.6) is 0 Å². The van der Waals surface area contributed by atoms with Gasteiger partial charge in [0.1, 0.15) is 6.10 Å². The second-order valence-corrected chi connectivity index (χ2v) is 14.4. The Balaban J connectivity index is 2.11. The van der Waals surface area contributed by atoms with Gasteiger partial charge in [0.25, 0.3) is 0 Å². The van der Waals surface area contributed by atoms with Crippen LogP contribution in [0.4, 0.5) is 0 Å². The van der Waals surface area contributed by atoms with E-state index in [1.807, 2.05) is 37.3 Å². The molecule has 2 rings (SSSR count). The molecule has 162 valence electrons. The zero-order valence-electron chi connectivity index (χ0n) is 18.6. The highest BCUT2D eigenvalue weighted by Gasteiger charge is 2.46. The van der Waals surface area contributed by atoms with E-state index in [1.165, 1.54) is 0 Å². The van der Waals surface area contributed by atoms with E-state index < -0.39 is 26.2 Å². The molecule has 1 saturated heterocycles. The molecule has 1 N–H and O–H groups in total. The third kappa shape index (κ3) is 6.01. The summed E-state index contributed by atoms with van der Waals surface area (Å²) in [5.41, 5.74) is 0.373. The average Bonchev–Trinajstić information content (AvgIpc) is 2.96. The van der Waals surface area contributed by atoms with Crippen molar-refractivity contribution in [1.82, 2.24) is 0 Å². The van der Waals surface area contributed by atoms with Crippen LogP contribution in [0.15, 0.2) is 43.0 Å². The molecule has 1 aliphatic heterocycles. The molecule has 6 heteroatoms. The minimum absolute atomic E-state index is 0.00961. The summed E-state index contributed by atoms with van der Waals surface area (Å²) >= 11 is 0. The summed E-state index contributed by atoms with van der Waals surface area (Å²) in [6.07, 6.45) is 1.89. The second-order valence-electron chi connectivity index (χ2n) is 9.60. The van der Waals surface area contributed by atoms with Gasteiger partial charge in [-0.2, -0.15) is 0 Å². The van der Waals surface area contributed by atoms with Crippen molar-refractivity contribution in [2.45, 2.75) is 89.2 Å². The van der Waals surface area contributed by atoms with Gasteiger partial charge in [-0.3, -0.25) is 4.79 Å². The largest absolute Gasteiger partial charge is 0.481 e. The van der Waals surface area contributed by atoms with Crippen LogP contribution in [0.1, 0.15) is 58.8 Å². The number of ether oxygens (including phenoxy) is 2. The van der Waals surface area contributed by atoms with Crippen molar-refractivity contribution < 1.29 is 23.8 Å². The lowest BCUT2D eigenvalue weighted by atomic mass is 9.91. The SMILES string of the molecule is C=C[C@@H]1O[C@H](c2ccccc2)O[C@]1(C)CC[C@H](CC(=O)O)O[Si](C)(C)C(C)(C)C. The number of aliphatic carboxylic acids is 1. The fourth-order valence-corrected chi connectivity index (χ4v) is 4.71. The van der Waals surface area contributed by atoms with E-state index in [-0.39, 0.29) is 23.7 Å². The standard InChI is InChI=1S/C23H36O5Si/c1-8-19-23(5,27-21(26-19)17-12-10-9-11-13-17)15-14-18(16-20(24)25)28-29(6,7)22(2,3)4/h8-13,18-19,21H,1,14-16H2,2-7H3,(H,24,25)/t18-,19+,21+,23-/m1/s1. The first-order valence-electron chi connectivity index (χ1n) is 10.3. The molecule has 29 heavy (non-hydrogen) atoms. The molecule has 0 radical (unpaired) electrons. The number of carboxylic acid groups (broad SMARTS) is 1. The van der Waals surface area contributed by atoms with Gasteiger partial charge in [0.05, 0.1) is 18.1 Å². The molecule has 1 aromatic carbocycles. The molecular weight excluding hydrogens is 384 g/mol. The fraction of sp³-hybridized carbons (Fsp3) is 0.609. The molecule has 4 atom stereocenters. The Bertz CT molecular complexity index is 697. The Morgan fingerprint density at radius 3 is 2.48 bits per heavy atom. The van der Waals surface area contributed by atoms with Crippen LogP contribution in [-0.4, -0.2) is 37.2 Å². The highest BCUT2D eigenvalue weighted by molar-refractivity contribution is 6.74. The Kier molecular flexibility index (Phi) is 7.49. The van der Waals surface area contributed by atoms with Gasteiger partial charge < -0.3 is 19.0 Å². The maximum absolute atomic E-state index is 11.4. The summed E-state index contributed by atoms with van der Waals surface area (Å²) in [6.45, 7) is 16.7. The predicted molar refractivity (Wildman–Crippen MR) is 117 cm³/mol. The summed E-state index contributed by atoms with van der Waals surface area (Å²) in [4.78, 5) is 11.4. The van der Waals surface area contributed by atoms with Crippen molar-refractivity contribution in [1.29, 1.82) is 0 Å². The smallest absolute Gasteiger partial charge is 0.305 e. The van der Waals surface area contributed by atoms with Crippen molar-refractivity contribution >= 4 is 14.3 Å². The minimum Gasteiger partial charge on any atom is -0.481 e. The lowest BCUT2D eigenvalue weighted by Gasteiger charge is -2.39. The lowest BCUT2D eigenvalue weighted by molar-refractivity contribution is -0.139. The second kappa shape index (κ2) is 9.12. The summed E-state index contributed by atoms with van der Waals surface area (Å²) in [5, 5.41) is 9.41. The number of carbonyl (C=O) groups is 1. The number of rotatable bonds is 9. The fourth-order valence-electron chi connectivity index (χ4n) is 3.32. The van der Waals surface area contributed by atoms with Crippen LogP contribution < -0.4 is 0 Å². The molecule has 0 aromatic heterocycles. The molecule has 0 spiro atoms. The molecule has 1 heterocycles. The van der Waals surface area contributed by atoms with Gasteiger partial charge in [0.15, 0.2) is 14.6 Å². The zero-order valence-corrected chi connectivity index (χ0v) is 19.6. The van der Waals surface area contributed by atoms with E-state index in [0.717, 1.165) is 5.56 Å². The van der Waals surface area contributed by atoms with Crippen LogP contribution >= 0.6 is 0 Å². The molecule has 0 aliphatic carbocycles. The maximum atomic E-state index is 11.4. The lowest BCUT2D eigenvalue weighted by Crippen LogP contribution is -2.45. The van der Waals surface area contributed by atoms with E-state index in [0.29, 0.717) is 12.8 Å². The van der Waals surface area contributed by atoms with Gasteiger partial charge >= 0.3 is 5.97 Å². The van der Waals surface area contributed by atoms with Crippen molar-refractivity contribution in [3.05, 3.63) is 48.6 Å². The summed E-state index contributed by atoms with van der Waals surface area (Å²) in [6, 6.07) is 9.82. The van der Waals surface area contributed by atoms with Crippen molar-refractivity contribution in [3.63, 3.8) is 0 Å². The van der Waals surface area contributed by atoms with Gasteiger partial charge in [-0.1, -0.05) is 57.2 Å². The minimum atomic E-state index is -2.08. The van der Waals surface area contributed by atoms with E-state index in [2.05, 4.69) is 40.4 Å². The predicted octanol–water partition coefficient (Wildman–Crippen LogP) is 5.69. The van der Waals surface area contributed by atoms with Gasteiger partial charge in [-0.05, 0) is 37.9 Å². The summed E-state index contributed by atoms with van der Waals surface area (Å²) in [7, 11) is -2.08. The van der Waals surface area contributed by atoms with Crippen LogP contribution in [0.25, 0.3) is 0 Å². The van der Waals surface area contributed by atoms with Gasteiger partial charge in [-0.15, -0.1) is 6.58 Å². The maximum Gasteiger partial charge on any atom is 0.305 e. The molecule has 0 amide bonds. The monoisotopic (exact) mass is 420 g/mol. The quantitative estimate of drug-likeness (QED) is 0.411. The van der Waals surface area contributed by atoms with E-state index in [9.17, 15) is 9.90 Å². The van der Waals surface area contributed by atoms with E-state index in [1.54, 1.807) is 6.08 Å². The molecule has 5 nitrogen and oxygen atoms in total. The van der Waals surface area contributed by atoms with Crippen LogP contribution in [0, 0.1) is 0 Å². The van der Waals surface area contributed by atoms with Gasteiger partial charge in [0, 0.05) is 5.56 Å². The first-order valence-corrected chi connectivity index (χ1v) is 13.2. The van der Waals surface area contributed by atoms with Crippen LogP contribution in [0.2, 0.25) is 18.1 Å². The Morgan fingerprint density at radius 2 is 1.97 bits per heavy atom. The molecular formula is C23H36O5Si. The zero-order chi connectivity index (χ0) is 21.9. The third-order valence-corrected chi connectivity index (χ3v) is 10.7. The Morgan fingerprint density at radius 1 is 1.34 bits per heavy atom. The first kappa shape index (κ1) is 23.8. The number of hydrogen-bond donors (Lipinski definition) is 1. The number of hydrogen-bond acceptors (Lipinski definition) is 4. The highest BCUT2D eigenvalue weighted by atomic mass is 28.4. The molecule has 1 fully saturated rings. The Labute approximate surface area is 176 Å². The topological polar surface area (TPSA) is 65.0 Å². The number of benzene rings is 1. The number of carboxylic acids is 1. The normalized spacial score (nSPS) is 26.3. The third-order valence-electron chi connectivity index (χ3n) is 6.17. The molecule has 0 unspecified atom stereocenters. The highest BCUT2D eigenvalue weighted by Crippen LogP contribution is 2.43. The molecule has 1 aromatic rings. The van der Waals surface area contributed by atoms with Gasteiger partial charge in [-0.25, -0.2) is 0 Å². The van der Waals surface area contributed by atoms with Gasteiger partial charge in [0.2, 0.25) is 0 Å². The average molecular weight is 421 g/mol. The summed E-state index contributed by atoms with van der Waals surface area (Å²) in [5.74, 6) is -0.843. The first-order chi connectivity index (χ1) is 13.4. The molecule has 0 bridgehead atoms. The molecule has 0 saturated carbocycles. The van der Waals surface area contributed by atoms with Crippen molar-refractivity contribution in [3.8, 4) is 0 Å². The summed E-state index contributed by atoms with van der Waals surface area (Å²) < 4.78 is 18.8. The van der Waals surface area contributed by atoms with Crippen molar-refractivity contribution in [2.75, 3.05) is 0 Å². The molecule has 1 aliphatic rings. The van der Waals surface area contributed by atoms with E-state index in [4.69, 9.17) is 13.9 Å². The Hall–Kier alpha value is -1.47. The van der Waals surface area contributed by atoms with E-state index >= 15 is 0 Å².